The number of carbonyl (C=O) groups is 2. The number of aryl methyl sites for hydroxylation is 1. The lowest BCUT2D eigenvalue weighted by Gasteiger charge is -2.16. The van der Waals surface area contributed by atoms with Gasteiger partial charge >= 0.3 is 6.18 Å². The Morgan fingerprint density at radius 1 is 1.14 bits per heavy atom. The quantitative estimate of drug-likeness (QED) is 0.643. The maximum atomic E-state index is 12.5. The van der Waals surface area contributed by atoms with Crippen LogP contribution < -0.4 is 10.3 Å². The van der Waals surface area contributed by atoms with Crippen LogP contribution in [0.4, 0.5) is 18.9 Å². The van der Waals surface area contributed by atoms with Crippen LogP contribution in [0.1, 0.15) is 23.1 Å². The summed E-state index contributed by atoms with van der Waals surface area (Å²) in [6.45, 7) is 2.20. The van der Waals surface area contributed by atoms with E-state index in [1.807, 2.05) is 31.2 Å². The number of nitrogens with one attached hydrogen (secondary N) is 1. The minimum absolute atomic E-state index is 0.0789. The Labute approximate surface area is 159 Å². The lowest BCUT2D eigenvalue weighted by molar-refractivity contribution is -0.137. The van der Waals surface area contributed by atoms with Crippen LogP contribution in [0.2, 0.25) is 0 Å². The Kier molecular flexibility index (Phi) is 5.48. The highest BCUT2D eigenvalue weighted by Gasteiger charge is 2.35. The number of hydrazone groups is 1. The Bertz CT molecular complexity index is 890. The van der Waals surface area contributed by atoms with Gasteiger partial charge in [-0.3, -0.25) is 9.59 Å². The molecule has 0 radical (unpaired) electrons. The van der Waals surface area contributed by atoms with Crippen LogP contribution in [-0.2, 0) is 15.8 Å². The van der Waals surface area contributed by atoms with Gasteiger partial charge in [0, 0.05) is 18.7 Å². The van der Waals surface area contributed by atoms with Crippen LogP contribution in [0.3, 0.4) is 0 Å². The van der Waals surface area contributed by atoms with Gasteiger partial charge in [0.2, 0.25) is 11.8 Å². The van der Waals surface area contributed by atoms with Crippen molar-refractivity contribution in [1.82, 2.24) is 5.43 Å². The topological polar surface area (TPSA) is 61.8 Å². The predicted octanol–water partition coefficient (Wildman–Crippen LogP) is 3.52. The van der Waals surface area contributed by atoms with E-state index in [-0.39, 0.29) is 18.9 Å². The highest BCUT2D eigenvalue weighted by molar-refractivity contribution is 6.00. The van der Waals surface area contributed by atoms with Crippen molar-refractivity contribution in [2.45, 2.75) is 19.5 Å². The summed E-state index contributed by atoms with van der Waals surface area (Å²) in [7, 11) is 0. The van der Waals surface area contributed by atoms with Gasteiger partial charge in [0.25, 0.3) is 0 Å². The zero-order chi connectivity index (χ0) is 20.3. The highest BCUT2D eigenvalue weighted by atomic mass is 19.4. The van der Waals surface area contributed by atoms with Crippen LogP contribution >= 0.6 is 0 Å². The number of anilines is 1. The molecule has 0 unspecified atom stereocenters. The number of carbonyl (C=O) groups excluding carboxylic acids is 2. The molecule has 1 fully saturated rings. The van der Waals surface area contributed by atoms with Gasteiger partial charge in [-0.15, -0.1) is 0 Å². The summed E-state index contributed by atoms with van der Waals surface area (Å²) in [4.78, 5) is 26.0. The molecule has 28 heavy (non-hydrogen) atoms. The number of rotatable bonds is 4. The molecule has 2 aromatic rings. The smallest absolute Gasteiger partial charge is 0.312 e. The largest absolute Gasteiger partial charge is 0.416 e. The average molecular weight is 389 g/mol. The number of alkyl halides is 3. The molecule has 146 valence electrons. The Morgan fingerprint density at radius 3 is 2.39 bits per heavy atom. The number of amides is 2. The summed E-state index contributed by atoms with van der Waals surface area (Å²) in [6, 6.07) is 11.9. The SMILES string of the molecule is Cc1ccc(N2C[C@H](C(=O)N/N=C/c3ccc(C(F)(F)F)cc3)CC2=O)cc1. The number of halogens is 3. The van der Waals surface area contributed by atoms with Gasteiger partial charge in [0.15, 0.2) is 0 Å². The lowest BCUT2D eigenvalue weighted by atomic mass is 10.1. The molecule has 5 nitrogen and oxygen atoms in total. The fourth-order valence-corrected chi connectivity index (χ4v) is 2.88. The standard InChI is InChI=1S/C20H18F3N3O2/c1-13-2-8-17(9-3-13)26-12-15(10-18(26)27)19(28)25-24-11-14-4-6-16(7-5-14)20(21,22)23/h2-9,11,15H,10,12H2,1H3,(H,25,28)/b24-11+/t15-/m1/s1. The van der Waals surface area contributed by atoms with Gasteiger partial charge in [0.05, 0.1) is 17.7 Å². The lowest BCUT2D eigenvalue weighted by Crippen LogP contribution is -2.30. The van der Waals surface area contributed by atoms with E-state index in [4.69, 9.17) is 0 Å². The Balaban J connectivity index is 1.57. The van der Waals surface area contributed by atoms with Crippen LogP contribution in [0.15, 0.2) is 53.6 Å². The fourth-order valence-electron chi connectivity index (χ4n) is 2.88. The molecular weight excluding hydrogens is 371 g/mol. The number of hydrogen-bond donors (Lipinski definition) is 1. The molecule has 8 heteroatoms. The molecule has 1 aliphatic rings. The predicted molar refractivity (Wildman–Crippen MR) is 98.8 cm³/mol. The second-order valence-corrected chi connectivity index (χ2v) is 6.59. The molecule has 0 aliphatic carbocycles. The number of nitrogens with zero attached hydrogens (tertiary/aromatic N) is 2. The summed E-state index contributed by atoms with van der Waals surface area (Å²) in [5, 5.41) is 3.78. The first-order valence-electron chi connectivity index (χ1n) is 8.61. The molecule has 1 saturated heterocycles. The van der Waals surface area contributed by atoms with Crippen LogP contribution in [-0.4, -0.2) is 24.6 Å². The van der Waals surface area contributed by atoms with Gasteiger partial charge in [-0.1, -0.05) is 29.8 Å². The number of hydrogen-bond acceptors (Lipinski definition) is 3. The molecular formula is C20H18F3N3O2. The molecule has 0 aromatic heterocycles. The van der Waals surface area contributed by atoms with Crippen LogP contribution in [0.5, 0.6) is 0 Å². The van der Waals surface area contributed by atoms with Crippen molar-refractivity contribution in [3.8, 4) is 0 Å². The maximum absolute atomic E-state index is 12.5. The highest BCUT2D eigenvalue weighted by Crippen LogP contribution is 2.29. The molecule has 1 atom stereocenters. The third-order valence-electron chi connectivity index (χ3n) is 4.47. The van der Waals surface area contributed by atoms with Crippen molar-refractivity contribution >= 4 is 23.7 Å². The first kappa shape index (κ1) is 19.6. The van der Waals surface area contributed by atoms with Crippen molar-refractivity contribution in [1.29, 1.82) is 0 Å². The van der Waals surface area contributed by atoms with Gasteiger partial charge in [-0.25, -0.2) is 5.43 Å². The van der Waals surface area contributed by atoms with Crippen molar-refractivity contribution in [3.05, 3.63) is 65.2 Å². The van der Waals surface area contributed by atoms with E-state index in [1.54, 1.807) is 4.90 Å². The molecule has 1 N–H and O–H groups in total. The van der Waals surface area contributed by atoms with Gasteiger partial charge in [-0.2, -0.15) is 18.3 Å². The summed E-state index contributed by atoms with van der Waals surface area (Å²) >= 11 is 0. The summed E-state index contributed by atoms with van der Waals surface area (Å²) < 4.78 is 37.6. The zero-order valence-electron chi connectivity index (χ0n) is 15.0. The number of benzene rings is 2. The molecule has 3 rings (SSSR count). The zero-order valence-corrected chi connectivity index (χ0v) is 15.0. The van der Waals surface area contributed by atoms with Crippen molar-refractivity contribution < 1.29 is 22.8 Å². The van der Waals surface area contributed by atoms with Crippen molar-refractivity contribution in [2.75, 3.05) is 11.4 Å². The van der Waals surface area contributed by atoms with E-state index < -0.39 is 23.6 Å². The summed E-state index contributed by atoms with van der Waals surface area (Å²) in [5.41, 5.74) is 3.81. The van der Waals surface area contributed by atoms with Crippen molar-refractivity contribution in [2.24, 2.45) is 11.0 Å². The van der Waals surface area contributed by atoms with Crippen LogP contribution in [0.25, 0.3) is 0 Å². The maximum Gasteiger partial charge on any atom is 0.416 e. The van der Waals surface area contributed by atoms with E-state index in [0.29, 0.717) is 5.56 Å². The second kappa shape index (κ2) is 7.84. The second-order valence-electron chi connectivity index (χ2n) is 6.59. The van der Waals surface area contributed by atoms with E-state index in [9.17, 15) is 22.8 Å². The molecule has 2 aromatic carbocycles. The van der Waals surface area contributed by atoms with E-state index in [1.165, 1.54) is 18.3 Å². The molecule has 0 bridgehead atoms. The third-order valence-corrected chi connectivity index (χ3v) is 4.47. The van der Waals surface area contributed by atoms with E-state index in [0.717, 1.165) is 23.4 Å². The third kappa shape index (κ3) is 4.57. The van der Waals surface area contributed by atoms with E-state index in [2.05, 4.69) is 10.5 Å². The van der Waals surface area contributed by atoms with Gasteiger partial charge in [-0.05, 0) is 36.8 Å². The summed E-state index contributed by atoms with van der Waals surface area (Å²) in [6.07, 6.45) is -3.07. The fraction of sp³-hybridized carbons (Fsp3) is 0.250. The molecule has 1 aliphatic heterocycles. The minimum Gasteiger partial charge on any atom is -0.312 e. The Morgan fingerprint density at radius 2 is 1.79 bits per heavy atom. The monoisotopic (exact) mass is 389 g/mol. The Hall–Kier alpha value is -3.16. The van der Waals surface area contributed by atoms with Crippen LogP contribution in [0, 0.1) is 12.8 Å². The molecule has 0 saturated carbocycles. The first-order chi connectivity index (χ1) is 13.2. The van der Waals surface area contributed by atoms with Gasteiger partial charge < -0.3 is 4.90 Å². The normalized spacial score (nSPS) is 17.4. The van der Waals surface area contributed by atoms with Gasteiger partial charge in [0.1, 0.15) is 0 Å². The van der Waals surface area contributed by atoms with Crippen molar-refractivity contribution in [3.63, 3.8) is 0 Å². The molecule has 1 heterocycles. The first-order valence-corrected chi connectivity index (χ1v) is 8.61. The average Bonchev–Trinajstić information content (AvgIpc) is 3.04. The minimum atomic E-state index is -4.40. The molecule has 0 spiro atoms. The van der Waals surface area contributed by atoms with E-state index >= 15 is 0 Å². The summed E-state index contributed by atoms with van der Waals surface area (Å²) in [5.74, 6) is -1.10. The molecule has 2 amide bonds.